The van der Waals surface area contributed by atoms with E-state index in [0.29, 0.717) is 64.3 Å². The molecule has 5 nitrogen and oxygen atoms in total. The normalized spacial score (nSPS) is 11.4. The van der Waals surface area contributed by atoms with Gasteiger partial charge in [0.2, 0.25) is 0 Å². The topological polar surface area (TPSA) is 61.8 Å². The zero-order valence-electron chi connectivity index (χ0n) is 31.1. The van der Waals surface area contributed by atoms with Gasteiger partial charge in [0.05, 0.1) is 25.2 Å². The molecule has 4 rings (SSSR count). The average Bonchev–Trinajstić information content (AvgIpc) is 3.19. The first-order valence-corrected chi connectivity index (χ1v) is 19.4. The second-order valence-corrected chi connectivity index (χ2v) is 13.8. The Hall–Kier alpha value is -4.20. The summed E-state index contributed by atoms with van der Waals surface area (Å²) in [5.41, 5.74) is 3.01. The lowest BCUT2D eigenvalue weighted by Crippen LogP contribution is -2.38. The Morgan fingerprint density at radius 1 is 0.566 bits per heavy atom. The standard InChI is InChI=1S/C46H56F2O5/c47-43-25-19-24-42(44(43)48)40-26-28-41(29-27-40)46(45(50)53-35-18-6-3-15-32-49,30-13-1-4-16-33-51-36-38-20-9-7-10-21-38)31-14-2-5-17-34-52-37-39-22-11-8-12-23-39/h7-12,19-29,32H,1-6,13-18,30-31,33-37H2. The second-order valence-electron chi connectivity index (χ2n) is 13.8. The Labute approximate surface area is 315 Å². The molecule has 0 bridgehead atoms. The van der Waals surface area contributed by atoms with Crippen LogP contribution in [0.2, 0.25) is 0 Å². The van der Waals surface area contributed by atoms with Crippen LogP contribution in [-0.2, 0) is 42.4 Å². The van der Waals surface area contributed by atoms with Gasteiger partial charge in [0.15, 0.2) is 11.6 Å². The highest BCUT2D eigenvalue weighted by Crippen LogP contribution is 2.39. The van der Waals surface area contributed by atoms with Crippen LogP contribution in [-0.4, -0.2) is 32.1 Å². The number of halogens is 2. The zero-order valence-corrected chi connectivity index (χ0v) is 31.1. The van der Waals surface area contributed by atoms with Crippen molar-refractivity contribution >= 4 is 12.3 Å². The molecule has 0 aliphatic rings. The van der Waals surface area contributed by atoms with Crippen molar-refractivity contribution in [2.45, 2.75) is 109 Å². The fraction of sp³-hybridized carbons (Fsp3) is 0.435. The van der Waals surface area contributed by atoms with Gasteiger partial charge >= 0.3 is 5.97 Å². The van der Waals surface area contributed by atoms with Gasteiger partial charge in [-0.1, -0.05) is 136 Å². The minimum Gasteiger partial charge on any atom is -0.465 e. The Morgan fingerprint density at radius 2 is 1.09 bits per heavy atom. The van der Waals surface area contributed by atoms with Crippen molar-refractivity contribution in [1.29, 1.82) is 0 Å². The Morgan fingerprint density at radius 3 is 1.66 bits per heavy atom. The maximum absolute atomic E-state index is 14.7. The first kappa shape index (κ1) is 41.6. The van der Waals surface area contributed by atoms with Crippen LogP contribution in [0.3, 0.4) is 0 Å². The number of unbranched alkanes of at least 4 members (excludes halogenated alkanes) is 9. The zero-order chi connectivity index (χ0) is 37.4. The predicted molar refractivity (Wildman–Crippen MR) is 207 cm³/mol. The molecule has 7 heteroatoms. The molecule has 0 saturated carbocycles. The summed E-state index contributed by atoms with van der Waals surface area (Å²) < 4.78 is 46.6. The Bertz CT molecular complexity index is 1540. The fourth-order valence-electron chi connectivity index (χ4n) is 6.74. The number of aldehydes is 1. The van der Waals surface area contributed by atoms with E-state index in [2.05, 4.69) is 24.3 Å². The summed E-state index contributed by atoms with van der Waals surface area (Å²) in [6, 6.07) is 31.8. The molecule has 0 heterocycles. The van der Waals surface area contributed by atoms with Gasteiger partial charge in [0, 0.05) is 25.2 Å². The van der Waals surface area contributed by atoms with Crippen LogP contribution in [0.4, 0.5) is 8.78 Å². The number of hydrogen-bond acceptors (Lipinski definition) is 5. The minimum atomic E-state index is -0.895. The van der Waals surface area contributed by atoms with Gasteiger partial charge in [-0.05, 0) is 73.3 Å². The summed E-state index contributed by atoms with van der Waals surface area (Å²) in [5.74, 6) is -2.02. The van der Waals surface area contributed by atoms with Crippen molar-refractivity contribution in [1.82, 2.24) is 0 Å². The van der Waals surface area contributed by atoms with E-state index in [4.69, 9.17) is 14.2 Å². The van der Waals surface area contributed by atoms with Crippen LogP contribution < -0.4 is 0 Å². The van der Waals surface area contributed by atoms with Crippen LogP contribution >= 0.6 is 0 Å². The highest BCUT2D eigenvalue weighted by Gasteiger charge is 2.40. The molecule has 0 radical (unpaired) electrons. The van der Waals surface area contributed by atoms with E-state index >= 15 is 0 Å². The van der Waals surface area contributed by atoms with Gasteiger partial charge in [-0.15, -0.1) is 0 Å². The van der Waals surface area contributed by atoms with E-state index in [1.54, 1.807) is 18.2 Å². The highest BCUT2D eigenvalue weighted by atomic mass is 19.2. The van der Waals surface area contributed by atoms with Crippen molar-refractivity contribution in [3.63, 3.8) is 0 Å². The Kier molecular flexibility index (Phi) is 19.0. The lowest BCUT2D eigenvalue weighted by molar-refractivity contribution is -0.151. The van der Waals surface area contributed by atoms with Gasteiger partial charge in [-0.2, -0.15) is 0 Å². The molecule has 0 spiro atoms. The first-order chi connectivity index (χ1) is 26.0. The molecule has 0 aromatic heterocycles. The van der Waals surface area contributed by atoms with Crippen LogP contribution in [0.1, 0.15) is 107 Å². The van der Waals surface area contributed by atoms with E-state index in [1.165, 1.54) is 6.07 Å². The maximum atomic E-state index is 14.7. The van der Waals surface area contributed by atoms with Crippen LogP contribution in [0.15, 0.2) is 103 Å². The van der Waals surface area contributed by atoms with Crippen molar-refractivity contribution in [2.75, 3.05) is 19.8 Å². The number of esters is 1. The quantitative estimate of drug-likeness (QED) is 0.0348. The molecule has 0 N–H and O–H groups in total. The van der Waals surface area contributed by atoms with E-state index in [9.17, 15) is 18.4 Å². The van der Waals surface area contributed by atoms with Crippen molar-refractivity contribution < 1.29 is 32.6 Å². The largest absolute Gasteiger partial charge is 0.465 e. The third kappa shape index (κ3) is 14.3. The molecular formula is C46H56F2O5. The molecular weight excluding hydrogens is 670 g/mol. The molecule has 0 fully saturated rings. The number of rotatable bonds is 27. The van der Waals surface area contributed by atoms with Gasteiger partial charge < -0.3 is 19.0 Å². The summed E-state index contributed by atoms with van der Waals surface area (Å²) >= 11 is 0. The molecule has 53 heavy (non-hydrogen) atoms. The van der Waals surface area contributed by atoms with Crippen molar-refractivity contribution in [2.24, 2.45) is 0 Å². The number of carbonyl (C=O) groups is 2. The third-order valence-corrected chi connectivity index (χ3v) is 9.80. The van der Waals surface area contributed by atoms with E-state index in [-0.39, 0.29) is 11.5 Å². The summed E-state index contributed by atoms with van der Waals surface area (Å²) in [6.45, 7) is 2.85. The van der Waals surface area contributed by atoms with Crippen LogP contribution in [0.5, 0.6) is 0 Å². The van der Waals surface area contributed by atoms with Crippen LogP contribution in [0.25, 0.3) is 11.1 Å². The minimum absolute atomic E-state index is 0.184. The summed E-state index contributed by atoms with van der Waals surface area (Å²) in [5, 5.41) is 0. The van der Waals surface area contributed by atoms with E-state index < -0.39 is 17.0 Å². The van der Waals surface area contributed by atoms with Gasteiger partial charge in [0.25, 0.3) is 0 Å². The fourth-order valence-corrected chi connectivity index (χ4v) is 6.74. The summed E-state index contributed by atoms with van der Waals surface area (Å²) in [4.78, 5) is 25.0. The first-order valence-electron chi connectivity index (χ1n) is 19.4. The average molecular weight is 727 g/mol. The molecule has 4 aromatic rings. The van der Waals surface area contributed by atoms with E-state index in [0.717, 1.165) is 93.3 Å². The molecule has 0 amide bonds. The third-order valence-electron chi connectivity index (χ3n) is 9.80. The molecule has 0 aliphatic carbocycles. The monoisotopic (exact) mass is 726 g/mol. The van der Waals surface area contributed by atoms with Gasteiger partial charge in [-0.25, -0.2) is 8.78 Å². The molecule has 4 aromatic carbocycles. The summed E-state index contributed by atoms with van der Waals surface area (Å²) in [6.07, 6.45) is 12.3. The lowest BCUT2D eigenvalue weighted by Gasteiger charge is -2.33. The van der Waals surface area contributed by atoms with Gasteiger partial charge in [-0.3, -0.25) is 4.79 Å². The number of benzene rings is 4. The van der Waals surface area contributed by atoms with Crippen LogP contribution in [0, 0.1) is 11.6 Å². The SMILES string of the molecule is O=CCCCCCOC(=O)C(CCCCCCOCc1ccccc1)(CCCCCCOCc1ccccc1)c1ccc(-c2cccc(F)c2F)cc1. The van der Waals surface area contributed by atoms with E-state index in [1.807, 2.05) is 48.5 Å². The number of ether oxygens (including phenoxy) is 3. The number of carbonyl (C=O) groups excluding carboxylic acids is 2. The van der Waals surface area contributed by atoms with Gasteiger partial charge in [0.1, 0.15) is 6.29 Å². The molecule has 284 valence electrons. The lowest BCUT2D eigenvalue weighted by atomic mass is 9.72. The second kappa shape index (κ2) is 24.2. The molecule has 0 unspecified atom stereocenters. The number of hydrogen-bond donors (Lipinski definition) is 0. The molecule has 0 saturated heterocycles. The maximum Gasteiger partial charge on any atom is 0.316 e. The highest BCUT2D eigenvalue weighted by molar-refractivity contribution is 5.83. The summed E-state index contributed by atoms with van der Waals surface area (Å²) in [7, 11) is 0. The Balaban J connectivity index is 1.42. The predicted octanol–water partition coefficient (Wildman–Crippen LogP) is 11.5. The van der Waals surface area contributed by atoms with Crippen molar-refractivity contribution in [3.8, 4) is 11.1 Å². The smallest absolute Gasteiger partial charge is 0.316 e. The molecule has 0 atom stereocenters. The molecule has 0 aliphatic heterocycles. The van der Waals surface area contributed by atoms with Crippen molar-refractivity contribution in [3.05, 3.63) is 131 Å².